The Kier molecular flexibility index (Phi) is 2.96. The lowest BCUT2D eigenvalue weighted by Gasteiger charge is -2.21. The Hall–Kier alpha value is -1.55. The normalized spacial score (nSPS) is 17.2. The number of ether oxygens (including phenoxy) is 1. The number of piperidine rings is 1. The summed E-state index contributed by atoms with van der Waals surface area (Å²) in [5, 5.41) is 9.37. The Bertz CT molecular complexity index is 555. The van der Waals surface area contributed by atoms with Crippen molar-refractivity contribution in [3.8, 4) is 5.75 Å². The molecule has 1 saturated heterocycles. The first-order chi connectivity index (χ1) is 8.81. The van der Waals surface area contributed by atoms with E-state index in [-0.39, 0.29) is 0 Å². The number of hydrogen-bond donors (Lipinski definition) is 1. The molecular formula is C14H19N3O. The lowest BCUT2D eigenvalue weighted by molar-refractivity contribution is 0.417. The maximum absolute atomic E-state index is 5.44. The van der Waals surface area contributed by atoms with Gasteiger partial charge in [0.2, 0.25) is 0 Å². The number of rotatable bonds is 2. The fourth-order valence-electron chi connectivity index (χ4n) is 2.89. The van der Waals surface area contributed by atoms with Gasteiger partial charge < -0.3 is 10.1 Å². The lowest BCUT2D eigenvalue weighted by atomic mass is 9.92. The fourth-order valence-corrected chi connectivity index (χ4v) is 2.89. The van der Waals surface area contributed by atoms with Crippen LogP contribution in [0.4, 0.5) is 0 Å². The molecule has 4 heteroatoms. The van der Waals surface area contributed by atoms with E-state index in [1.807, 2.05) is 23.9 Å². The second-order valence-corrected chi connectivity index (χ2v) is 4.89. The van der Waals surface area contributed by atoms with Gasteiger partial charge in [-0.3, -0.25) is 4.68 Å². The molecule has 96 valence electrons. The van der Waals surface area contributed by atoms with E-state index < -0.39 is 0 Å². The van der Waals surface area contributed by atoms with Crippen molar-refractivity contribution in [2.24, 2.45) is 7.05 Å². The zero-order chi connectivity index (χ0) is 12.5. The molecule has 2 heterocycles. The SMILES string of the molecule is COc1cccc2c(C3CCNCC3)nn(C)c12. The molecule has 2 aromatic rings. The van der Waals surface area contributed by atoms with Crippen LogP contribution >= 0.6 is 0 Å². The third-order valence-corrected chi connectivity index (χ3v) is 3.80. The molecule has 1 aliphatic rings. The van der Waals surface area contributed by atoms with E-state index in [2.05, 4.69) is 11.4 Å². The van der Waals surface area contributed by atoms with Crippen LogP contribution in [0.3, 0.4) is 0 Å². The molecule has 1 N–H and O–H groups in total. The Balaban J connectivity index is 2.12. The first-order valence-corrected chi connectivity index (χ1v) is 6.51. The van der Waals surface area contributed by atoms with Gasteiger partial charge in [-0.1, -0.05) is 12.1 Å². The highest BCUT2D eigenvalue weighted by Gasteiger charge is 2.22. The molecule has 3 rings (SSSR count). The van der Waals surface area contributed by atoms with Crippen LogP contribution in [0.25, 0.3) is 10.9 Å². The quantitative estimate of drug-likeness (QED) is 0.880. The van der Waals surface area contributed by atoms with Crippen LogP contribution in [0.1, 0.15) is 24.5 Å². The second-order valence-electron chi connectivity index (χ2n) is 4.89. The zero-order valence-corrected chi connectivity index (χ0v) is 10.9. The minimum absolute atomic E-state index is 0.571. The largest absolute Gasteiger partial charge is 0.494 e. The topological polar surface area (TPSA) is 39.1 Å². The molecule has 0 aliphatic carbocycles. The third kappa shape index (κ3) is 1.77. The molecular weight excluding hydrogens is 226 g/mol. The molecule has 1 aromatic carbocycles. The highest BCUT2D eigenvalue weighted by atomic mass is 16.5. The minimum Gasteiger partial charge on any atom is -0.494 e. The number of aryl methyl sites for hydroxylation is 1. The molecule has 0 radical (unpaired) electrons. The van der Waals surface area contributed by atoms with E-state index in [9.17, 15) is 0 Å². The van der Waals surface area contributed by atoms with E-state index in [0.717, 1.165) is 24.4 Å². The predicted molar refractivity (Wildman–Crippen MR) is 72.1 cm³/mol. The van der Waals surface area contributed by atoms with Gasteiger partial charge in [-0.05, 0) is 32.0 Å². The number of nitrogens with one attached hydrogen (secondary N) is 1. The fraction of sp³-hybridized carbons (Fsp3) is 0.500. The first kappa shape index (κ1) is 11.5. The third-order valence-electron chi connectivity index (χ3n) is 3.80. The average molecular weight is 245 g/mol. The number of hydrogen-bond acceptors (Lipinski definition) is 3. The van der Waals surface area contributed by atoms with Crippen molar-refractivity contribution in [1.82, 2.24) is 15.1 Å². The smallest absolute Gasteiger partial charge is 0.144 e. The van der Waals surface area contributed by atoms with Crippen LogP contribution in [-0.4, -0.2) is 30.0 Å². The van der Waals surface area contributed by atoms with Gasteiger partial charge in [0, 0.05) is 18.4 Å². The maximum atomic E-state index is 5.44. The summed E-state index contributed by atoms with van der Waals surface area (Å²) in [5.74, 6) is 1.48. The van der Waals surface area contributed by atoms with E-state index >= 15 is 0 Å². The van der Waals surface area contributed by atoms with Crippen molar-refractivity contribution < 1.29 is 4.74 Å². The average Bonchev–Trinajstić information content (AvgIpc) is 2.77. The molecule has 0 amide bonds. The Morgan fingerprint density at radius 1 is 1.33 bits per heavy atom. The predicted octanol–water partition coefficient (Wildman–Crippen LogP) is 2.05. The summed E-state index contributed by atoms with van der Waals surface area (Å²) in [6.45, 7) is 2.18. The van der Waals surface area contributed by atoms with Crippen LogP contribution in [0.5, 0.6) is 5.75 Å². The van der Waals surface area contributed by atoms with Crippen molar-refractivity contribution in [3.05, 3.63) is 23.9 Å². The number of fused-ring (bicyclic) bond motifs is 1. The monoisotopic (exact) mass is 245 g/mol. The molecule has 0 bridgehead atoms. The standard InChI is InChI=1S/C14H19N3O/c1-17-14-11(4-3-5-12(14)18-2)13(16-17)10-6-8-15-9-7-10/h3-5,10,15H,6-9H2,1-2H3. The Labute approximate surface area is 107 Å². The van der Waals surface area contributed by atoms with Gasteiger partial charge >= 0.3 is 0 Å². The number of nitrogens with zero attached hydrogens (tertiary/aromatic N) is 2. The number of benzene rings is 1. The minimum atomic E-state index is 0.571. The maximum Gasteiger partial charge on any atom is 0.144 e. The van der Waals surface area contributed by atoms with E-state index in [0.29, 0.717) is 5.92 Å². The Morgan fingerprint density at radius 2 is 2.11 bits per heavy atom. The van der Waals surface area contributed by atoms with Gasteiger partial charge in [0.05, 0.1) is 12.8 Å². The summed E-state index contributed by atoms with van der Waals surface area (Å²) in [7, 11) is 3.71. The molecule has 0 unspecified atom stereocenters. The summed E-state index contributed by atoms with van der Waals surface area (Å²) < 4.78 is 7.39. The van der Waals surface area contributed by atoms with Crippen molar-refractivity contribution in [2.45, 2.75) is 18.8 Å². The number of aromatic nitrogens is 2. The highest BCUT2D eigenvalue weighted by molar-refractivity contribution is 5.87. The van der Waals surface area contributed by atoms with Gasteiger partial charge in [0.1, 0.15) is 11.3 Å². The van der Waals surface area contributed by atoms with E-state index in [1.165, 1.54) is 23.9 Å². The first-order valence-electron chi connectivity index (χ1n) is 6.51. The second kappa shape index (κ2) is 4.61. The molecule has 18 heavy (non-hydrogen) atoms. The molecule has 0 atom stereocenters. The van der Waals surface area contributed by atoms with E-state index in [4.69, 9.17) is 9.84 Å². The molecule has 1 fully saturated rings. The van der Waals surface area contributed by atoms with Gasteiger partial charge in [-0.25, -0.2) is 0 Å². The summed E-state index contributed by atoms with van der Waals surface area (Å²) >= 11 is 0. The number of methoxy groups -OCH3 is 1. The summed E-state index contributed by atoms with van der Waals surface area (Å²) in [6, 6.07) is 6.20. The molecule has 0 spiro atoms. The molecule has 1 aliphatic heterocycles. The summed E-state index contributed by atoms with van der Waals surface area (Å²) in [6.07, 6.45) is 2.34. The van der Waals surface area contributed by atoms with Gasteiger partial charge in [0.25, 0.3) is 0 Å². The van der Waals surface area contributed by atoms with Crippen molar-refractivity contribution in [2.75, 3.05) is 20.2 Å². The van der Waals surface area contributed by atoms with Crippen molar-refractivity contribution in [1.29, 1.82) is 0 Å². The lowest BCUT2D eigenvalue weighted by Crippen LogP contribution is -2.26. The van der Waals surface area contributed by atoms with Crippen LogP contribution in [0.2, 0.25) is 0 Å². The number of para-hydroxylation sites is 1. The summed E-state index contributed by atoms with van der Waals surface area (Å²) in [4.78, 5) is 0. The Morgan fingerprint density at radius 3 is 2.83 bits per heavy atom. The van der Waals surface area contributed by atoms with Gasteiger partial charge in [-0.15, -0.1) is 0 Å². The molecule has 1 aromatic heterocycles. The molecule has 0 saturated carbocycles. The van der Waals surface area contributed by atoms with Gasteiger partial charge in [-0.2, -0.15) is 5.10 Å². The van der Waals surface area contributed by atoms with Gasteiger partial charge in [0.15, 0.2) is 0 Å². The van der Waals surface area contributed by atoms with Crippen LogP contribution in [0.15, 0.2) is 18.2 Å². The zero-order valence-electron chi connectivity index (χ0n) is 10.9. The van der Waals surface area contributed by atoms with Crippen LogP contribution in [0, 0.1) is 0 Å². The van der Waals surface area contributed by atoms with Crippen LogP contribution in [-0.2, 0) is 7.05 Å². The van der Waals surface area contributed by atoms with Crippen molar-refractivity contribution >= 4 is 10.9 Å². The summed E-state index contributed by atoms with van der Waals surface area (Å²) in [5.41, 5.74) is 2.33. The van der Waals surface area contributed by atoms with Crippen LogP contribution < -0.4 is 10.1 Å². The van der Waals surface area contributed by atoms with E-state index in [1.54, 1.807) is 7.11 Å². The molecule has 4 nitrogen and oxygen atoms in total. The van der Waals surface area contributed by atoms with Crippen molar-refractivity contribution in [3.63, 3.8) is 0 Å². The highest BCUT2D eigenvalue weighted by Crippen LogP contribution is 2.34.